The molecular formula is C25H25N7O3S3. The van der Waals surface area contributed by atoms with Gasteiger partial charge in [-0.1, -0.05) is 42.1 Å². The van der Waals surface area contributed by atoms with Crippen molar-refractivity contribution >= 4 is 57.1 Å². The molecule has 10 nitrogen and oxygen atoms in total. The van der Waals surface area contributed by atoms with Crippen LogP contribution in [0.2, 0.25) is 0 Å². The maximum absolute atomic E-state index is 13.6. The van der Waals surface area contributed by atoms with Crippen molar-refractivity contribution in [3.63, 3.8) is 0 Å². The van der Waals surface area contributed by atoms with Crippen LogP contribution < -0.4 is 16.0 Å². The number of aromatic nitrogens is 3. The lowest BCUT2D eigenvalue weighted by atomic mass is 9.69. The lowest BCUT2D eigenvalue weighted by Gasteiger charge is -2.42. The van der Waals surface area contributed by atoms with Crippen LogP contribution in [0.4, 0.5) is 10.9 Å². The Labute approximate surface area is 231 Å². The molecule has 0 bridgehead atoms. The zero-order valence-corrected chi connectivity index (χ0v) is 23.6. The third-order valence-electron chi connectivity index (χ3n) is 6.35. The van der Waals surface area contributed by atoms with Crippen molar-refractivity contribution in [3.05, 3.63) is 56.4 Å². The number of thiophene rings is 1. The average molecular weight is 568 g/mol. The van der Waals surface area contributed by atoms with Gasteiger partial charge in [-0.3, -0.25) is 14.5 Å². The van der Waals surface area contributed by atoms with Gasteiger partial charge in [0.1, 0.15) is 11.6 Å². The van der Waals surface area contributed by atoms with Gasteiger partial charge < -0.3 is 15.6 Å². The van der Waals surface area contributed by atoms with Gasteiger partial charge in [0.05, 0.1) is 23.3 Å². The average Bonchev–Trinajstić information content (AvgIpc) is 3.58. The van der Waals surface area contributed by atoms with Gasteiger partial charge in [0.25, 0.3) is 0 Å². The number of Topliss-reactive ketones (excluding diaryl/α,β-unsaturated/α-hetero) is 1. The molecule has 0 saturated carbocycles. The molecule has 1 atom stereocenters. The largest absolute Gasteiger partial charge is 0.384 e. The zero-order chi connectivity index (χ0) is 27.2. The highest BCUT2D eigenvalue weighted by atomic mass is 32.2. The molecule has 13 heteroatoms. The predicted molar refractivity (Wildman–Crippen MR) is 147 cm³/mol. The molecule has 38 heavy (non-hydrogen) atoms. The Balaban J connectivity index is 1.47. The minimum atomic E-state index is -0.500. The molecule has 0 aromatic carbocycles. The Morgan fingerprint density at radius 1 is 1.37 bits per heavy atom. The minimum absolute atomic E-state index is 0.0122. The molecule has 3 aromatic rings. The second kappa shape index (κ2) is 10.0. The second-order valence-corrected chi connectivity index (χ2v) is 13.1. The van der Waals surface area contributed by atoms with Gasteiger partial charge >= 0.3 is 0 Å². The summed E-state index contributed by atoms with van der Waals surface area (Å²) in [7, 11) is 0. The number of carbonyl (C=O) groups excluding carboxylic acids is 2. The molecule has 1 unspecified atom stereocenters. The summed E-state index contributed by atoms with van der Waals surface area (Å²) >= 11 is 4.00. The molecule has 3 N–H and O–H groups in total. The van der Waals surface area contributed by atoms with Crippen LogP contribution in [0.1, 0.15) is 48.8 Å². The smallest absolute Gasteiger partial charge is 0.236 e. The number of anilines is 2. The molecule has 0 saturated heterocycles. The van der Waals surface area contributed by atoms with E-state index in [1.165, 1.54) is 34.4 Å². The molecule has 196 valence electrons. The number of ketones is 1. The highest BCUT2D eigenvalue weighted by Gasteiger charge is 2.46. The summed E-state index contributed by atoms with van der Waals surface area (Å²) < 4.78 is 5.52. The van der Waals surface area contributed by atoms with Crippen LogP contribution >= 0.6 is 34.4 Å². The van der Waals surface area contributed by atoms with Crippen molar-refractivity contribution in [2.45, 2.75) is 50.8 Å². The van der Waals surface area contributed by atoms with Crippen molar-refractivity contribution in [3.8, 4) is 6.07 Å². The number of hydrogen-bond acceptors (Lipinski definition) is 12. The van der Waals surface area contributed by atoms with Gasteiger partial charge in [-0.25, -0.2) is 0 Å². The Morgan fingerprint density at radius 3 is 2.82 bits per heavy atom. The minimum Gasteiger partial charge on any atom is -0.384 e. The number of carbonyl (C=O) groups is 2. The topological polar surface area (TPSA) is 151 Å². The molecule has 3 aromatic heterocycles. The van der Waals surface area contributed by atoms with Gasteiger partial charge in [0, 0.05) is 28.6 Å². The predicted octanol–water partition coefficient (Wildman–Crippen LogP) is 4.88. The van der Waals surface area contributed by atoms with E-state index in [1.807, 2.05) is 32.2 Å². The third kappa shape index (κ3) is 4.87. The van der Waals surface area contributed by atoms with Crippen LogP contribution in [0.3, 0.4) is 0 Å². The Bertz CT molecular complexity index is 1540. The SMILES string of the molecule is Cc1cc(NC(=O)CSc2nnc(N3C(N)=C(C#N)C(c4sccc4C)C4=C3CC(C)(C)CC4=O)s2)no1. The molecule has 1 aliphatic heterocycles. The summed E-state index contributed by atoms with van der Waals surface area (Å²) in [5.74, 6) is 0.540. The first-order valence-corrected chi connectivity index (χ1v) is 14.5. The maximum atomic E-state index is 13.6. The normalized spacial score (nSPS) is 19.0. The highest BCUT2D eigenvalue weighted by molar-refractivity contribution is 8.01. The van der Waals surface area contributed by atoms with Crippen LogP contribution in [-0.2, 0) is 9.59 Å². The number of rotatable bonds is 6. The van der Waals surface area contributed by atoms with Crippen molar-refractivity contribution in [2.24, 2.45) is 11.1 Å². The number of nitrogens with one attached hydrogen (secondary N) is 1. The molecule has 4 heterocycles. The fourth-order valence-corrected chi connectivity index (χ4v) is 7.48. The van der Waals surface area contributed by atoms with E-state index < -0.39 is 5.92 Å². The highest BCUT2D eigenvalue weighted by Crippen LogP contribution is 2.51. The quantitative estimate of drug-likeness (QED) is 0.394. The van der Waals surface area contributed by atoms with Crippen LogP contribution in [0.15, 0.2) is 49.0 Å². The molecule has 1 aliphatic carbocycles. The fourth-order valence-electron chi connectivity index (χ4n) is 4.75. The van der Waals surface area contributed by atoms with E-state index >= 15 is 0 Å². The van der Waals surface area contributed by atoms with Crippen molar-refractivity contribution in [2.75, 3.05) is 16.0 Å². The monoisotopic (exact) mass is 567 g/mol. The van der Waals surface area contributed by atoms with Gasteiger partial charge in [-0.05, 0) is 42.7 Å². The first-order chi connectivity index (χ1) is 18.1. The standard InChI is InChI=1S/C25H25N7O3S3/c1-12-5-6-36-21(12)19-14(10-26)22(27)32(15-8-25(3,4)9-16(33)20(15)19)23-29-30-24(38-23)37-11-18(34)28-17-7-13(2)35-31-17/h5-7,19H,8-9,11,27H2,1-4H3,(H,28,31,34). The van der Waals surface area contributed by atoms with Gasteiger partial charge in [-0.2, -0.15) is 5.26 Å². The number of thioether (sulfide) groups is 1. The lowest BCUT2D eigenvalue weighted by Crippen LogP contribution is -2.42. The number of aryl methyl sites for hydroxylation is 2. The van der Waals surface area contributed by atoms with Crippen LogP contribution in [-0.4, -0.2) is 32.8 Å². The number of nitrogens with zero attached hydrogens (tertiary/aromatic N) is 5. The third-order valence-corrected chi connectivity index (χ3v) is 9.48. The van der Waals surface area contributed by atoms with E-state index in [1.54, 1.807) is 17.9 Å². The number of allylic oxidation sites excluding steroid dienone is 3. The van der Waals surface area contributed by atoms with E-state index in [0.29, 0.717) is 45.0 Å². The van der Waals surface area contributed by atoms with Crippen molar-refractivity contribution in [1.29, 1.82) is 5.26 Å². The first-order valence-electron chi connectivity index (χ1n) is 11.8. The molecule has 0 fully saturated rings. The van der Waals surface area contributed by atoms with Crippen LogP contribution in [0.25, 0.3) is 0 Å². The van der Waals surface area contributed by atoms with Crippen molar-refractivity contribution < 1.29 is 14.1 Å². The molecule has 1 amide bonds. The summed E-state index contributed by atoms with van der Waals surface area (Å²) in [6.07, 6.45) is 0.979. The fraction of sp³-hybridized carbons (Fsp3) is 0.360. The molecule has 2 aliphatic rings. The first kappa shape index (κ1) is 26.1. The van der Waals surface area contributed by atoms with E-state index in [9.17, 15) is 14.9 Å². The summed E-state index contributed by atoms with van der Waals surface area (Å²) in [4.78, 5) is 28.6. The number of nitriles is 1. The van der Waals surface area contributed by atoms with E-state index in [2.05, 4.69) is 26.7 Å². The summed E-state index contributed by atoms with van der Waals surface area (Å²) in [5, 5.41) is 27.6. The van der Waals surface area contributed by atoms with Crippen LogP contribution in [0, 0.1) is 30.6 Å². The van der Waals surface area contributed by atoms with Crippen LogP contribution in [0.5, 0.6) is 0 Å². The number of hydrogen-bond donors (Lipinski definition) is 2. The van der Waals surface area contributed by atoms with Gasteiger partial charge in [0.2, 0.25) is 11.0 Å². The van der Waals surface area contributed by atoms with Gasteiger partial charge in [0.15, 0.2) is 15.9 Å². The molecule has 5 rings (SSSR count). The zero-order valence-electron chi connectivity index (χ0n) is 21.2. The Morgan fingerprint density at radius 2 is 2.16 bits per heavy atom. The summed E-state index contributed by atoms with van der Waals surface area (Å²) in [5.41, 5.74) is 9.09. The van der Waals surface area contributed by atoms with E-state index in [4.69, 9.17) is 10.3 Å². The Hall–Kier alpha value is -3.47. The maximum Gasteiger partial charge on any atom is 0.236 e. The summed E-state index contributed by atoms with van der Waals surface area (Å²) in [6, 6.07) is 5.90. The lowest BCUT2D eigenvalue weighted by molar-refractivity contribution is -0.118. The van der Waals surface area contributed by atoms with Gasteiger partial charge in [-0.15, -0.1) is 21.5 Å². The van der Waals surface area contributed by atoms with Crippen molar-refractivity contribution in [1.82, 2.24) is 15.4 Å². The molecular weight excluding hydrogens is 543 g/mol. The summed E-state index contributed by atoms with van der Waals surface area (Å²) in [6.45, 7) is 7.82. The molecule has 0 spiro atoms. The van der Waals surface area contributed by atoms with E-state index in [-0.39, 0.29) is 28.7 Å². The molecule has 0 radical (unpaired) electrons. The number of amides is 1. The van der Waals surface area contributed by atoms with E-state index in [0.717, 1.165) is 16.1 Å². The second-order valence-electron chi connectivity index (χ2n) is 9.96. The Kier molecular flexibility index (Phi) is 6.89. The number of nitrogens with two attached hydrogens (primary N) is 1.